The van der Waals surface area contributed by atoms with Gasteiger partial charge < -0.3 is 41.6 Å². The molecule has 1 aromatic heterocycles. The van der Waals surface area contributed by atoms with E-state index in [9.17, 15) is 4.79 Å². The number of benzene rings is 1. The number of ether oxygens (including phenoxy) is 2. The van der Waals surface area contributed by atoms with Crippen molar-refractivity contribution in [2.24, 2.45) is 11.7 Å². The van der Waals surface area contributed by atoms with Gasteiger partial charge in [-0.1, -0.05) is 31.4 Å². The van der Waals surface area contributed by atoms with E-state index in [-0.39, 0.29) is 12.5 Å². The largest absolute Gasteiger partial charge is 0.395 e. The Labute approximate surface area is 224 Å². The second kappa shape index (κ2) is 17.4. The Hall–Kier alpha value is -3.06. The highest BCUT2D eigenvalue weighted by atomic mass is 16.5. The summed E-state index contributed by atoms with van der Waals surface area (Å²) in [7, 11) is 0. The van der Waals surface area contributed by atoms with Crippen LogP contribution in [0.3, 0.4) is 0 Å². The van der Waals surface area contributed by atoms with Crippen LogP contribution in [0.15, 0.2) is 24.3 Å². The SMILES string of the molecule is NCCOCCOCCNC(=O)c1ccc(CNc2nc(NCCO)nc(NCC3CCCCC3)n2)cc1. The Morgan fingerprint density at radius 2 is 1.53 bits per heavy atom. The predicted molar refractivity (Wildman–Crippen MR) is 147 cm³/mol. The van der Waals surface area contributed by atoms with Gasteiger partial charge in [-0.05, 0) is 36.5 Å². The number of carbonyl (C=O) groups excluding carboxylic acids is 1. The highest BCUT2D eigenvalue weighted by Crippen LogP contribution is 2.23. The molecular weight excluding hydrogens is 488 g/mol. The summed E-state index contributed by atoms with van der Waals surface area (Å²) >= 11 is 0. The smallest absolute Gasteiger partial charge is 0.251 e. The number of aliphatic hydroxyl groups is 1. The summed E-state index contributed by atoms with van der Waals surface area (Å²) in [6, 6.07) is 7.35. The van der Waals surface area contributed by atoms with E-state index < -0.39 is 0 Å². The van der Waals surface area contributed by atoms with Crippen molar-refractivity contribution in [3.63, 3.8) is 0 Å². The van der Waals surface area contributed by atoms with E-state index in [2.05, 4.69) is 36.2 Å². The maximum atomic E-state index is 12.4. The molecule has 1 saturated carbocycles. The number of aliphatic hydroxyl groups excluding tert-OH is 1. The van der Waals surface area contributed by atoms with Crippen molar-refractivity contribution in [2.45, 2.75) is 38.6 Å². The number of rotatable bonds is 18. The molecule has 0 radical (unpaired) electrons. The monoisotopic (exact) mass is 530 g/mol. The number of anilines is 3. The third kappa shape index (κ3) is 11.1. The molecule has 12 heteroatoms. The zero-order valence-electron chi connectivity index (χ0n) is 22.1. The second-order valence-corrected chi connectivity index (χ2v) is 9.16. The van der Waals surface area contributed by atoms with Gasteiger partial charge in [0.05, 0.1) is 33.0 Å². The summed E-state index contributed by atoms with van der Waals surface area (Å²) in [6.07, 6.45) is 6.33. The summed E-state index contributed by atoms with van der Waals surface area (Å²) in [6.45, 7) is 4.45. The maximum absolute atomic E-state index is 12.4. The van der Waals surface area contributed by atoms with E-state index in [1.165, 1.54) is 32.1 Å². The number of nitrogens with one attached hydrogen (secondary N) is 4. The van der Waals surface area contributed by atoms with Gasteiger partial charge in [0.1, 0.15) is 0 Å². The molecule has 0 atom stereocenters. The Morgan fingerprint density at radius 1 is 0.868 bits per heavy atom. The minimum absolute atomic E-state index is 0.0174. The quantitative estimate of drug-likeness (QED) is 0.155. The van der Waals surface area contributed by atoms with Gasteiger partial charge in [0, 0.05) is 38.3 Å². The van der Waals surface area contributed by atoms with Crippen LogP contribution in [0.1, 0.15) is 48.0 Å². The Kier molecular flexibility index (Phi) is 13.5. The first-order valence-corrected chi connectivity index (χ1v) is 13.5. The number of aromatic nitrogens is 3. The average molecular weight is 531 g/mol. The van der Waals surface area contributed by atoms with E-state index in [1.54, 1.807) is 12.1 Å². The highest BCUT2D eigenvalue weighted by molar-refractivity contribution is 5.94. The normalized spacial score (nSPS) is 13.7. The van der Waals surface area contributed by atoms with Crippen molar-refractivity contribution < 1.29 is 19.4 Å². The van der Waals surface area contributed by atoms with Gasteiger partial charge in [-0.15, -0.1) is 0 Å². The van der Waals surface area contributed by atoms with Crippen LogP contribution in [-0.4, -0.2) is 85.2 Å². The average Bonchev–Trinajstić information content (AvgIpc) is 2.96. The molecule has 38 heavy (non-hydrogen) atoms. The molecule has 1 aromatic carbocycles. The molecule has 1 heterocycles. The second-order valence-electron chi connectivity index (χ2n) is 9.16. The molecule has 1 aliphatic rings. The Morgan fingerprint density at radius 3 is 2.21 bits per heavy atom. The van der Waals surface area contributed by atoms with Gasteiger partial charge in [0.2, 0.25) is 17.8 Å². The standard InChI is InChI=1S/C26H42N8O4/c27-10-14-37-16-17-38-15-12-28-23(36)22-8-6-21(7-9-22)19-31-26-33-24(29-11-13-35)32-25(34-26)30-18-20-4-2-1-3-5-20/h6-9,20,35H,1-5,10-19,27H2,(H,28,36)(H3,29,30,31,32,33,34). The van der Waals surface area contributed by atoms with Gasteiger partial charge in [0.25, 0.3) is 5.91 Å². The first-order valence-electron chi connectivity index (χ1n) is 13.5. The van der Waals surface area contributed by atoms with E-state index in [0.717, 1.165) is 12.1 Å². The minimum atomic E-state index is -0.154. The molecule has 0 aliphatic heterocycles. The predicted octanol–water partition coefficient (Wildman–Crippen LogP) is 1.60. The lowest BCUT2D eigenvalue weighted by Crippen LogP contribution is -2.27. The summed E-state index contributed by atoms with van der Waals surface area (Å²) in [4.78, 5) is 25.7. The molecule has 210 valence electrons. The summed E-state index contributed by atoms with van der Waals surface area (Å²) < 4.78 is 10.6. The molecular formula is C26H42N8O4. The molecule has 7 N–H and O–H groups in total. The van der Waals surface area contributed by atoms with Crippen molar-refractivity contribution in [3.8, 4) is 0 Å². The summed E-state index contributed by atoms with van der Waals surface area (Å²) in [5.41, 5.74) is 6.90. The first-order chi connectivity index (χ1) is 18.7. The number of nitrogens with two attached hydrogens (primary N) is 1. The van der Waals surface area contributed by atoms with Crippen LogP contribution in [0.5, 0.6) is 0 Å². The summed E-state index contributed by atoms with van der Waals surface area (Å²) in [5, 5.41) is 21.6. The zero-order valence-corrected chi connectivity index (χ0v) is 22.1. The van der Waals surface area contributed by atoms with Gasteiger partial charge >= 0.3 is 0 Å². The third-order valence-corrected chi connectivity index (χ3v) is 6.14. The van der Waals surface area contributed by atoms with Crippen molar-refractivity contribution in [2.75, 3.05) is 75.2 Å². The fraction of sp³-hybridized carbons (Fsp3) is 0.615. The van der Waals surface area contributed by atoms with E-state index in [0.29, 0.717) is 81.9 Å². The molecule has 1 amide bonds. The third-order valence-electron chi connectivity index (χ3n) is 6.14. The van der Waals surface area contributed by atoms with Crippen LogP contribution in [0.2, 0.25) is 0 Å². The number of hydrogen-bond acceptors (Lipinski definition) is 11. The lowest BCUT2D eigenvalue weighted by Gasteiger charge is -2.21. The lowest BCUT2D eigenvalue weighted by molar-refractivity contribution is 0.0511. The van der Waals surface area contributed by atoms with Crippen molar-refractivity contribution in [3.05, 3.63) is 35.4 Å². The van der Waals surface area contributed by atoms with E-state index >= 15 is 0 Å². The van der Waals surface area contributed by atoms with E-state index in [1.807, 2.05) is 12.1 Å². The Bertz CT molecular complexity index is 941. The molecule has 3 rings (SSSR count). The van der Waals surface area contributed by atoms with Crippen molar-refractivity contribution >= 4 is 23.8 Å². The highest BCUT2D eigenvalue weighted by Gasteiger charge is 2.14. The van der Waals surface area contributed by atoms with Gasteiger partial charge in [-0.25, -0.2) is 0 Å². The van der Waals surface area contributed by atoms with E-state index in [4.69, 9.17) is 20.3 Å². The molecule has 0 spiro atoms. The number of amides is 1. The molecule has 2 aromatic rings. The molecule has 1 fully saturated rings. The van der Waals surface area contributed by atoms with Crippen LogP contribution in [0, 0.1) is 5.92 Å². The lowest BCUT2D eigenvalue weighted by atomic mass is 9.89. The fourth-order valence-electron chi connectivity index (χ4n) is 4.11. The summed E-state index contributed by atoms with van der Waals surface area (Å²) in [5.74, 6) is 1.82. The molecule has 0 saturated heterocycles. The number of hydrogen-bond donors (Lipinski definition) is 6. The Balaban J connectivity index is 1.45. The van der Waals surface area contributed by atoms with Crippen LogP contribution in [0.25, 0.3) is 0 Å². The van der Waals surface area contributed by atoms with Crippen LogP contribution in [-0.2, 0) is 16.0 Å². The van der Waals surface area contributed by atoms with Crippen LogP contribution >= 0.6 is 0 Å². The molecule has 0 unspecified atom stereocenters. The van der Waals surface area contributed by atoms with Crippen LogP contribution in [0.4, 0.5) is 17.8 Å². The number of carbonyl (C=O) groups is 1. The zero-order chi connectivity index (χ0) is 26.8. The van der Waals surface area contributed by atoms with Gasteiger partial charge in [-0.3, -0.25) is 4.79 Å². The number of nitrogens with zero attached hydrogens (tertiary/aromatic N) is 3. The van der Waals surface area contributed by atoms with Gasteiger partial charge in [-0.2, -0.15) is 15.0 Å². The maximum Gasteiger partial charge on any atom is 0.251 e. The fourth-order valence-corrected chi connectivity index (χ4v) is 4.11. The van der Waals surface area contributed by atoms with Gasteiger partial charge in [0.15, 0.2) is 0 Å². The topological polar surface area (TPSA) is 169 Å². The van der Waals surface area contributed by atoms with Crippen LogP contribution < -0.4 is 27.0 Å². The molecule has 12 nitrogen and oxygen atoms in total. The van der Waals surface area contributed by atoms with Crippen molar-refractivity contribution in [1.82, 2.24) is 20.3 Å². The van der Waals surface area contributed by atoms with Crippen molar-refractivity contribution in [1.29, 1.82) is 0 Å². The first kappa shape index (κ1) is 29.5. The minimum Gasteiger partial charge on any atom is -0.395 e. The molecule has 1 aliphatic carbocycles. The molecule has 0 bridgehead atoms.